The number of nitrogens with two attached hydrogens (primary N) is 1. The third-order valence-corrected chi connectivity index (χ3v) is 3.36. The Labute approximate surface area is 112 Å². The first-order valence-corrected chi connectivity index (χ1v) is 6.46. The fraction of sp³-hybridized carbons (Fsp3) is 0.615. The van der Waals surface area contributed by atoms with Crippen molar-refractivity contribution < 1.29 is 9.53 Å². The quantitative estimate of drug-likeness (QED) is 0.830. The summed E-state index contributed by atoms with van der Waals surface area (Å²) in [5.41, 5.74) is 7.62. The van der Waals surface area contributed by atoms with Crippen molar-refractivity contribution in [2.45, 2.75) is 32.9 Å². The molecule has 6 nitrogen and oxygen atoms in total. The normalized spacial score (nSPS) is 23.5. The van der Waals surface area contributed by atoms with Gasteiger partial charge in [0.05, 0.1) is 35.7 Å². The van der Waals surface area contributed by atoms with E-state index in [1.165, 1.54) is 0 Å². The summed E-state index contributed by atoms with van der Waals surface area (Å²) in [5, 5.41) is 7.96. The summed E-state index contributed by atoms with van der Waals surface area (Å²) in [6, 6.07) is 1.83. The number of aromatic nitrogens is 2. The van der Waals surface area contributed by atoms with Gasteiger partial charge in [0, 0.05) is 13.1 Å². The molecule has 104 valence electrons. The van der Waals surface area contributed by atoms with Gasteiger partial charge in [0.25, 0.3) is 5.91 Å². The molecule has 1 aliphatic rings. The molecule has 0 aromatic carbocycles. The average molecular weight is 264 g/mol. The van der Waals surface area contributed by atoms with E-state index < -0.39 is 0 Å². The Kier molecular flexibility index (Phi) is 4.11. The van der Waals surface area contributed by atoms with Crippen LogP contribution in [0.15, 0.2) is 6.07 Å². The highest BCUT2D eigenvalue weighted by Gasteiger charge is 2.30. The van der Waals surface area contributed by atoms with E-state index in [0.29, 0.717) is 31.0 Å². The zero-order chi connectivity index (χ0) is 14.0. The highest BCUT2D eigenvalue weighted by molar-refractivity contribution is 5.95. The van der Waals surface area contributed by atoms with Crippen LogP contribution in [0.2, 0.25) is 0 Å². The molecule has 6 heteroatoms. The first kappa shape index (κ1) is 13.9. The van der Waals surface area contributed by atoms with E-state index in [1.54, 1.807) is 13.0 Å². The second kappa shape index (κ2) is 5.63. The van der Waals surface area contributed by atoms with E-state index in [1.807, 2.05) is 18.7 Å². The first-order valence-electron chi connectivity index (χ1n) is 6.46. The molecule has 2 N–H and O–H groups in total. The van der Waals surface area contributed by atoms with E-state index in [2.05, 4.69) is 10.2 Å². The lowest BCUT2D eigenvalue weighted by atomic mass is 10.1. The summed E-state index contributed by atoms with van der Waals surface area (Å²) in [7, 11) is 0. The minimum Gasteiger partial charge on any atom is -0.373 e. The van der Waals surface area contributed by atoms with Crippen molar-refractivity contribution in [3.8, 4) is 0 Å². The summed E-state index contributed by atoms with van der Waals surface area (Å²) in [6.07, 6.45) is -0.0867. The van der Waals surface area contributed by atoms with Crippen molar-refractivity contribution in [3.05, 3.63) is 23.0 Å². The number of hydrogen-bond acceptors (Lipinski definition) is 5. The van der Waals surface area contributed by atoms with E-state index >= 15 is 0 Å². The molecule has 0 bridgehead atoms. The molecule has 1 fully saturated rings. The molecule has 1 aromatic rings. The molecular formula is C13H20N4O2. The van der Waals surface area contributed by atoms with Gasteiger partial charge in [0.2, 0.25) is 0 Å². The van der Waals surface area contributed by atoms with Gasteiger partial charge in [-0.15, -0.1) is 0 Å². The summed E-state index contributed by atoms with van der Waals surface area (Å²) in [6.45, 7) is 7.06. The monoisotopic (exact) mass is 264 g/mol. The Hall–Kier alpha value is -1.53. The van der Waals surface area contributed by atoms with Crippen molar-refractivity contribution in [3.63, 3.8) is 0 Å². The molecule has 1 aliphatic heterocycles. The standard InChI is InChI=1S/C13H20N4O2/c1-8-4-12(10(3)16-15-8)13(18)17-6-11(5-14)19-7-9(17)2/h4,9,11H,5-7,14H2,1-3H3. The topological polar surface area (TPSA) is 81.3 Å². The third kappa shape index (κ3) is 2.90. The van der Waals surface area contributed by atoms with Crippen LogP contribution in [0.3, 0.4) is 0 Å². The number of ether oxygens (including phenoxy) is 1. The fourth-order valence-corrected chi connectivity index (χ4v) is 2.16. The number of nitrogens with zero attached hydrogens (tertiary/aromatic N) is 3. The molecule has 2 rings (SSSR count). The molecule has 0 spiro atoms. The molecule has 1 amide bonds. The fourth-order valence-electron chi connectivity index (χ4n) is 2.16. The average Bonchev–Trinajstić information content (AvgIpc) is 2.41. The Morgan fingerprint density at radius 1 is 1.53 bits per heavy atom. The highest BCUT2D eigenvalue weighted by Crippen LogP contribution is 2.17. The van der Waals surface area contributed by atoms with Crippen LogP contribution in [0.5, 0.6) is 0 Å². The summed E-state index contributed by atoms with van der Waals surface area (Å²) in [5.74, 6) is -0.0234. The van der Waals surface area contributed by atoms with Gasteiger partial charge in [-0.05, 0) is 26.8 Å². The largest absolute Gasteiger partial charge is 0.373 e. The van der Waals surface area contributed by atoms with Crippen molar-refractivity contribution in [2.75, 3.05) is 19.7 Å². The maximum Gasteiger partial charge on any atom is 0.256 e. The molecule has 1 saturated heterocycles. The van der Waals surface area contributed by atoms with E-state index in [0.717, 1.165) is 5.69 Å². The molecule has 19 heavy (non-hydrogen) atoms. The van der Waals surface area contributed by atoms with Crippen LogP contribution in [0, 0.1) is 13.8 Å². The lowest BCUT2D eigenvalue weighted by Gasteiger charge is -2.37. The zero-order valence-electron chi connectivity index (χ0n) is 11.6. The van der Waals surface area contributed by atoms with Gasteiger partial charge < -0.3 is 15.4 Å². The lowest BCUT2D eigenvalue weighted by Crippen LogP contribution is -2.53. The number of carbonyl (C=O) groups is 1. The lowest BCUT2D eigenvalue weighted by molar-refractivity contribution is -0.0426. The van der Waals surface area contributed by atoms with Crippen molar-refractivity contribution in [1.29, 1.82) is 0 Å². The molecule has 0 aliphatic carbocycles. The van der Waals surface area contributed by atoms with Crippen molar-refractivity contribution >= 4 is 5.91 Å². The van der Waals surface area contributed by atoms with E-state index in [4.69, 9.17) is 10.5 Å². The van der Waals surface area contributed by atoms with Gasteiger partial charge >= 0.3 is 0 Å². The predicted molar refractivity (Wildman–Crippen MR) is 70.8 cm³/mol. The number of hydrogen-bond donors (Lipinski definition) is 1. The Balaban J connectivity index is 2.24. The minimum absolute atomic E-state index is 0.0234. The van der Waals surface area contributed by atoms with E-state index in [-0.39, 0.29) is 18.1 Å². The number of carbonyl (C=O) groups excluding carboxylic acids is 1. The zero-order valence-corrected chi connectivity index (χ0v) is 11.6. The summed E-state index contributed by atoms with van der Waals surface area (Å²) < 4.78 is 5.56. The van der Waals surface area contributed by atoms with Gasteiger partial charge in [-0.2, -0.15) is 10.2 Å². The maximum atomic E-state index is 12.6. The third-order valence-electron chi connectivity index (χ3n) is 3.36. The van der Waals surface area contributed by atoms with Gasteiger partial charge in [-0.3, -0.25) is 4.79 Å². The van der Waals surface area contributed by atoms with Crippen LogP contribution in [0.1, 0.15) is 28.7 Å². The number of amides is 1. The second-order valence-electron chi connectivity index (χ2n) is 4.98. The molecule has 1 aromatic heterocycles. The Morgan fingerprint density at radius 3 is 2.95 bits per heavy atom. The smallest absolute Gasteiger partial charge is 0.256 e. The van der Waals surface area contributed by atoms with Crippen LogP contribution >= 0.6 is 0 Å². The molecule has 0 radical (unpaired) electrons. The maximum absolute atomic E-state index is 12.6. The van der Waals surface area contributed by atoms with Crippen molar-refractivity contribution in [2.24, 2.45) is 5.73 Å². The Morgan fingerprint density at radius 2 is 2.26 bits per heavy atom. The first-order chi connectivity index (χ1) is 9.02. The van der Waals surface area contributed by atoms with Crippen molar-refractivity contribution in [1.82, 2.24) is 15.1 Å². The van der Waals surface area contributed by atoms with Gasteiger partial charge in [0.1, 0.15) is 0 Å². The minimum atomic E-state index is -0.0867. The molecular weight excluding hydrogens is 244 g/mol. The van der Waals surface area contributed by atoms with Crippen LogP contribution < -0.4 is 5.73 Å². The molecule has 2 atom stereocenters. The van der Waals surface area contributed by atoms with Gasteiger partial charge in [-0.1, -0.05) is 0 Å². The number of aryl methyl sites for hydroxylation is 2. The second-order valence-corrected chi connectivity index (χ2v) is 4.98. The van der Waals surface area contributed by atoms with Crippen LogP contribution in [-0.4, -0.2) is 52.8 Å². The van der Waals surface area contributed by atoms with Gasteiger partial charge in [0.15, 0.2) is 0 Å². The summed E-state index contributed by atoms with van der Waals surface area (Å²) >= 11 is 0. The molecule has 2 unspecified atom stereocenters. The Bertz CT molecular complexity index is 478. The van der Waals surface area contributed by atoms with Crippen LogP contribution in [0.4, 0.5) is 0 Å². The van der Waals surface area contributed by atoms with Crippen LogP contribution in [-0.2, 0) is 4.74 Å². The number of morpholine rings is 1. The van der Waals surface area contributed by atoms with E-state index in [9.17, 15) is 4.79 Å². The molecule has 0 saturated carbocycles. The molecule has 2 heterocycles. The van der Waals surface area contributed by atoms with Crippen LogP contribution in [0.25, 0.3) is 0 Å². The number of rotatable bonds is 2. The summed E-state index contributed by atoms with van der Waals surface area (Å²) in [4.78, 5) is 14.4. The van der Waals surface area contributed by atoms with Gasteiger partial charge in [-0.25, -0.2) is 0 Å². The SMILES string of the molecule is Cc1cc(C(=O)N2CC(CN)OCC2C)c(C)nn1. The predicted octanol–water partition coefficient (Wildman–Crippen LogP) is 0.282. The highest BCUT2D eigenvalue weighted by atomic mass is 16.5.